The van der Waals surface area contributed by atoms with E-state index in [9.17, 15) is 0 Å². The Labute approximate surface area is 136 Å². The van der Waals surface area contributed by atoms with Crippen LogP contribution in [0.25, 0.3) is 0 Å². The maximum absolute atomic E-state index is 5.90. The van der Waals surface area contributed by atoms with E-state index in [1.165, 1.54) is 10.2 Å². The lowest BCUT2D eigenvalue weighted by molar-refractivity contribution is 0.0622. The van der Waals surface area contributed by atoms with E-state index in [1.807, 2.05) is 0 Å². The molecule has 0 spiro atoms. The molecule has 1 aromatic rings. The Morgan fingerprint density at radius 2 is 2.19 bits per heavy atom. The van der Waals surface area contributed by atoms with Crippen LogP contribution >= 0.6 is 15.9 Å². The lowest BCUT2D eigenvalue weighted by Gasteiger charge is -2.33. The number of hydrogen-bond donors (Lipinski definition) is 1. The Morgan fingerprint density at radius 3 is 2.71 bits per heavy atom. The van der Waals surface area contributed by atoms with Crippen LogP contribution in [0.3, 0.4) is 0 Å². The Balaban J connectivity index is 2.30. The first-order chi connectivity index (χ1) is 10.1. The van der Waals surface area contributed by atoms with Crippen molar-refractivity contribution in [3.05, 3.63) is 15.9 Å². The van der Waals surface area contributed by atoms with Crippen LogP contribution in [0.5, 0.6) is 0 Å². The van der Waals surface area contributed by atoms with Gasteiger partial charge in [0.25, 0.3) is 0 Å². The molecule has 1 N–H and O–H groups in total. The molecule has 2 unspecified atom stereocenters. The summed E-state index contributed by atoms with van der Waals surface area (Å²) in [7, 11) is 0. The average molecular weight is 358 g/mol. The van der Waals surface area contributed by atoms with Gasteiger partial charge in [-0.1, -0.05) is 13.8 Å². The van der Waals surface area contributed by atoms with Crippen molar-refractivity contribution in [3.63, 3.8) is 0 Å². The molecular weight excluding hydrogens is 330 g/mol. The number of nitrogens with zero attached hydrogens (tertiary/aromatic N) is 2. The van der Waals surface area contributed by atoms with Crippen LogP contribution in [0.2, 0.25) is 0 Å². The standard InChI is InChI=1S/C16H28BrN3O/c1-5-13-15(17)14(20(7-3)19-13)10-16(11-18-6-2)8-9-21-12(16)4/h12,18H,5-11H2,1-4H3. The summed E-state index contributed by atoms with van der Waals surface area (Å²) in [5.74, 6) is 0. The van der Waals surface area contributed by atoms with Gasteiger partial charge in [0.15, 0.2) is 0 Å². The fraction of sp³-hybridized carbons (Fsp3) is 0.812. The van der Waals surface area contributed by atoms with Crippen molar-refractivity contribution in [3.8, 4) is 0 Å². The van der Waals surface area contributed by atoms with E-state index in [-0.39, 0.29) is 11.5 Å². The second kappa shape index (κ2) is 7.25. The zero-order valence-electron chi connectivity index (χ0n) is 13.7. The lowest BCUT2D eigenvalue weighted by Crippen LogP contribution is -2.41. The molecule has 1 fully saturated rings. The van der Waals surface area contributed by atoms with Gasteiger partial charge in [0.05, 0.1) is 22.0 Å². The van der Waals surface area contributed by atoms with E-state index in [2.05, 4.69) is 53.6 Å². The molecule has 21 heavy (non-hydrogen) atoms. The largest absolute Gasteiger partial charge is 0.378 e. The quantitative estimate of drug-likeness (QED) is 0.814. The van der Waals surface area contributed by atoms with Crippen LogP contribution < -0.4 is 5.32 Å². The molecule has 0 bridgehead atoms. The van der Waals surface area contributed by atoms with Gasteiger partial charge in [-0.25, -0.2) is 0 Å². The minimum Gasteiger partial charge on any atom is -0.378 e. The highest BCUT2D eigenvalue weighted by molar-refractivity contribution is 9.10. The molecule has 4 nitrogen and oxygen atoms in total. The number of rotatable bonds is 7. The normalized spacial score (nSPS) is 25.7. The number of nitrogens with one attached hydrogen (secondary N) is 1. The van der Waals surface area contributed by atoms with Gasteiger partial charge in [-0.3, -0.25) is 4.68 Å². The second-order valence-corrected chi connectivity index (χ2v) is 6.75. The van der Waals surface area contributed by atoms with Crippen molar-refractivity contribution in [1.82, 2.24) is 15.1 Å². The van der Waals surface area contributed by atoms with E-state index >= 15 is 0 Å². The summed E-state index contributed by atoms with van der Waals surface area (Å²) in [5.41, 5.74) is 2.66. The summed E-state index contributed by atoms with van der Waals surface area (Å²) in [4.78, 5) is 0. The SMILES string of the molecule is CCNCC1(Cc2c(Br)c(CC)nn2CC)CCOC1C. The van der Waals surface area contributed by atoms with Crippen LogP contribution in [-0.2, 0) is 24.1 Å². The summed E-state index contributed by atoms with van der Waals surface area (Å²) < 4.78 is 9.25. The Kier molecular flexibility index (Phi) is 5.86. The van der Waals surface area contributed by atoms with Crippen LogP contribution in [0.1, 0.15) is 45.5 Å². The van der Waals surface area contributed by atoms with Gasteiger partial charge in [0, 0.05) is 25.1 Å². The molecule has 2 atom stereocenters. The summed E-state index contributed by atoms with van der Waals surface area (Å²) in [6.45, 7) is 12.5. The summed E-state index contributed by atoms with van der Waals surface area (Å²) in [6, 6.07) is 0. The molecule has 120 valence electrons. The van der Waals surface area contributed by atoms with Crippen LogP contribution in [0.15, 0.2) is 4.47 Å². The fourth-order valence-corrected chi connectivity index (χ4v) is 3.94. The molecule has 2 heterocycles. The number of ether oxygens (including phenoxy) is 1. The van der Waals surface area contributed by atoms with E-state index < -0.39 is 0 Å². The van der Waals surface area contributed by atoms with Crippen molar-refractivity contribution in [2.24, 2.45) is 5.41 Å². The predicted molar refractivity (Wildman–Crippen MR) is 89.7 cm³/mol. The topological polar surface area (TPSA) is 39.1 Å². The maximum Gasteiger partial charge on any atom is 0.0766 e. The highest BCUT2D eigenvalue weighted by Gasteiger charge is 2.42. The molecule has 2 rings (SSSR count). The molecular formula is C16H28BrN3O. The van der Waals surface area contributed by atoms with Gasteiger partial charge in [0.1, 0.15) is 0 Å². The molecule has 1 aliphatic rings. The Bertz CT molecular complexity index is 474. The third kappa shape index (κ3) is 3.35. The van der Waals surface area contributed by atoms with E-state index in [0.29, 0.717) is 0 Å². The van der Waals surface area contributed by atoms with Gasteiger partial charge < -0.3 is 10.1 Å². The minimum absolute atomic E-state index is 0.177. The van der Waals surface area contributed by atoms with Crippen molar-refractivity contribution in [2.75, 3.05) is 19.7 Å². The zero-order chi connectivity index (χ0) is 15.5. The number of aryl methyl sites for hydroxylation is 2. The molecule has 0 saturated carbocycles. The van der Waals surface area contributed by atoms with Crippen molar-refractivity contribution in [1.29, 1.82) is 0 Å². The Hall–Kier alpha value is -0.390. The van der Waals surface area contributed by atoms with Crippen molar-refractivity contribution < 1.29 is 4.74 Å². The summed E-state index contributed by atoms with van der Waals surface area (Å²) in [6.07, 6.45) is 3.38. The van der Waals surface area contributed by atoms with Gasteiger partial charge in [-0.15, -0.1) is 0 Å². The highest BCUT2D eigenvalue weighted by Crippen LogP contribution is 2.39. The molecule has 1 aromatic heterocycles. The highest BCUT2D eigenvalue weighted by atomic mass is 79.9. The number of hydrogen-bond acceptors (Lipinski definition) is 3. The van der Waals surface area contributed by atoms with Crippen molar-refractivity contribution >= 4 is 15.9 Å². The second-order valence-electron chi connectivity index (χ2n) is 5.96. The smallest absolute Gasteiger partial charge is 0.0766 e. The van der Waals surface area contributed by atoms with E-state index in [1.54, 1.807) is 0 Å². The first-order valence-electron chi connectivity index (χ1n) is 8.14. The van der Waals surface area contributed by atoms with E-state index in [0.717, 1.165) is 51.2 Å². The monoisotopic (exact) mass is 357 g/mol. The Morgan fingerprint density at radius 1 is 1.43 bits per heavy atom. The molecule has 1 aliphatic heterocycles. The van der Waals surface area contributed by atoms with Crippen molar-refractivity contribution in [2.45, 2.75) is 59.6 Å². The van der Waals surface area contributed by atoms with Gasteiger partial charge in [-0.05, 0) is 55.6 Å². The number of aromatic nitrogens is 2. The molecule has 0 radical (unpaired) electrons. The van der Waals surface area contributed by atoms with Crippen LogP contribution in [0, 0.1) is 5.41 Å². The third-order valence-electron chi connectivity index (χ3n) is 4.77. The van der Waals surface area contributed by atoms with Gasteiger partial charge >= 0.3 is 0 Å². The van der Waals surface area contributed by atoms with Gasteiger partial charge in [0.2, 0.25) is 0 Å². The van der Waals surface area contributed by atoms with Crippen LogP contribution in [0.4, 0.5) is 0 Å². The first kappa shape index (κ1) is 17.0. The maximum atomic E-state index is 5.90. The molecule has 1 saturated heterocycles. The summed E-state index contributed by atoms with van der Waals surface area (Å²) in [5, 5.41) is 8.27. The molecule has 0 aliphatic carbocycles. The lowest BCUT2D eigenvalue weighted by atomic mass is 9.77. The van der Waals surface area contributed by atoms with Gasteiger partial charge in [-0.2, -0.15) is 5.10 Å². The molecule has 5 heteroatoms. The average Bonchev–Trinajstić information content (AvgIpc) is 2.99. The first-order valence-corrected chi connectivity index (χ1v) is 8.93. The molecule has 0 aromatic carbocycles. The minimum atomic E-state index is 0.177. The third-order valence-corrected chi connectivity index (χ3v) is 5.69. The molecule has 0 amide bonds. The predicted octanol–water partition coefficient (Wildman–Crippen LogP) is 3.18. The summed E-state index contributed by atoms with van der Waals surface area (Å²) >= 11 is 3.78. The van der Waals surface area contributed by atoms with E-state index in [4.69, 9.17) is 9.84 Å². The fourth-order valence-electron chi connectivity index (χ4n) is 3.24. The van der Waals surface area contributed by atoms with Crippen LogP contribution in [-0.4, -0.2) is 35.6 Å². The number of halogens is 1. The zero-order valence-corrected chi connectivity index (χ0v) is 15.3.